The van der Waals surface area contributed by atoms with E-state index in [1.54, 1.807) is 18.2 Å². The second-order valence-electron chi connectivity index (χ2n) is 4.23. The maximum atomic E-state index is 12.4. The molecule has 0 unspecified atom stereocenters. The molecule has 0 aliphatic carbocycles. The number of methoxy groups -OCH3 is 1. The van der Waals surface area contributed by atoms with Crippen LogP contribution in [-0.2, 0) is 4.79 Å². The topological polar surface area (TPSA) is 84.7 Å². The first-order valence-corrected chi connectivity index (χ1v) is 6.52. The zero-order valence-corrected chi connectivity index (χ0v) is 12.1. The number of ether oxygens (including phenoxy) is 1. The molecule has 0 atom stereocenters. The summed E-state index contributed by atoms with van der Waals surface area (Å²) in [5, 5.41) is 2.67. The molecule has 0 fully saturated rings. The highest BCUT2D eigenvalue weighted by molar-refractivity contribution is 5.99. The summed E-state index contributed by atoms with van der Waals surface area (Å²) in [6.07, 6.45) is 0. The predicted molar refractivity (Wildman–Crippen MR) is 77.7 cm³/mol. The first kappa shape index (κ1) is 15.8. The van der Waals surface area contributed by atoms with Gasteiger partial charge in [0.1, 0.15) is 5.75 Å². The molecule has 3 N–H and O–H groups in total. The van der Waals surface area contributed by atoms with E-state index in [4.69, 9.17) is 10.5 Å². The Hall–Kier alpha value is -2.24. The van der Waals surface area contributed by atoms with Crippen molar-refractivity contribution >= 4 is 17.5 Å². The summed E-state index contributed by atoms with van der Waals surface area (Å²) in [4.78, 5) is 25.5. The van der Waals surface area contributed by atoms with Gasteiger partial charge in [-0.05, 0) is 26.0 Å². The number of nitrogens with one attached hydrogen (secondary N) is 1. The van der Waals surface area contributed by atoms with Crippen molar-refractivity contribution < 1.29 is 14.3 Å². The van der Waals surface area contributed by atoms with Crippen molar-refractivity contribution in [1.82, 2.24) is 10.2 Å². The molecule has 1 aromatic rings. The molecule has 0 bridgehead atoms. The second kappa shape index (κ2) is 7.37. The standard InChI is InChI=1S/C14H21N3O3/c1-4-16-13(18)9-17(5-2)14(19)11-7-6-10(15)8-12(11)20-3/h6-8H,4-5,9,15H2,1-3H3,(H,16,18). The number of nitrogens with zero attached hydrogens (tertiary/aromatic N) is 1. The number of amides is 2. The zero-order valence-electron chi connectivity index (χ0n) is 12.1. The van der Waals surface area contributed by atoms with E-state index in [9.17, 15) is 9.59 Å². The molecule has 6 heteroatoms. The lowest BCUT2D eigenvalue weighted by molar-refractivity contribution is -0.121. The van der Waals surface area contributed by atoms with Crippen LogP contribution in [0.3, 0.4) is 0 Å². The van der Waals surface area contributed by atoms with Crippen molar-refractivity contribution in [3.63, 3.8) is 0 Å². The summed E-state index contributed by atoms with van der Waals surface area (Å²) in [5.74, 6) is -0.0305. The Balaban J connectivity index is 2.93. The fraction of sp³-hybridized carbons (Fsp3) is 0.429. The Morgan fingerprint density at radius 2 is 2.05 bits per heavy atom. The molecule has 0 aromatic heterocycles. The lowest BCUT2D eigenvalue weighted by Gasteiger charge is -2.21. The van der Waals surface area contributed by atoms with Crippen molar-refractivity contribution in [3.8, 4) is 5.75 Å². The first-order valence-electron chi connectivity index (χ1n) is 6.52. The SMILES string of the molecule is CCNC(=O)CN(CC)C(=O)c1ccc(N)cc1OC. The summed E-state index contributed by atoms with van der Waals surface area (Å²) in [7, 11) is 1.48. The van der Waals surface area contributed by atoms with E-state index in [1.165, 1.54) is 12.0 Å². The van der Waals surface area contributed by atoms with Gasteiger partial charge in [0.05, 0.1) is 19.2 Å². The molecule has 2 amide bonds. The Morgan fingerprint density at radius 1 is 1.35 bits per heavy atom. The molecule has 110 valence electrons. The Labute approximate surface area is 118 Å². The number of anilines is 1. The van der Waals surface area contributed by atoms with Gasteiger partial charge >= 0.3 is 0 Å². The Kier molecular flexibility index (Phi) is 5.83. The van der Waals surface area contributed by atoms with Crippen LogP contribution in [0.5, 0.6) is 5.75 Å². The number of carbonyl (C=O) groups excluding carboxylic acids is 2. The lowest BCUT2D eigenvalue weighted by atomic mass is 10.1. The largest absolute Gasteiger partial charge is 0.496 e. The van der Waals surface area contributed by atoms with Gasteiger partial charge in [-0.3, -0.25) is 9.59 Å². The summed E-state index contributed by atoms with van der Waals surface area (Å²) in [6, 6.07) is 4.83. The van der Waals surface area contributed by atoms with E-state index < -0.39 is 0 Å². The lowest BCUT2D eigenvalue weighted by Crippen LogP contribution is -2.40. The highest BCUT2D eigenvalue weighted by Crippen LogP contribution is 2.22. The third kappa shape index (κ3) is 3.88. The summed E-state index contributed by atoms with van der Waals surface area (Å²) >= 11 is 0. The first-order chi connectivity index (χ1) is 9.53. The maximum absolute atomic E-state index is 12.4. The number of nitrogens with two attached hydrogens (primary N) is 1. The van der Waals surface area contributed by atoms with Crippen molar-refractivity contribution in [3.05, 3.63) is 23.8 Å². The minimum Gasteiger partial charge on any atom is -0.496 e. The van der Waals surface area contributed by atoms with Gasteiger partial charge in [0, 0.05) is 24.8 Å². The van der Waals surface area contributed by atoms with Gasteiger partial charge in [-0.2, -0.15) is 0 Å². The number of rotatable bonds is 6. The average molecular weight is 279 g/mol. The second-order valence-corrected chi connectivity index (χ2v) is 4.23. The number of carbonyl (C=O) groups is 2. The molecule has 1 rings (SSSR count). The van der Waals surface area contributed by atoms with Gasteiger partial charge in [-0.25, -0.2) is 0 Å². The van der Waals surface area contributed by atoms with Crippen LogP contribution < -0.4 is 15.8 Å². The van der Waals surface area contributed by atoms with Gasteiger partial charge in [0.2, 0.25) is 5.91 Å². The molecule has 0 saturated carbocycles. The maximum Gasteiger partial charge on any atom is 0.258 e. The van der Waals surface area contributed by atoms with Gasteiger partial charge in [-0.15, -0.1) is 0 Å². The fourth-order valence-corrected chi connectivity index (χ4v) is 1.81. The monoisotopic (exact) mass is 279 g/mol. The van der Waals surface area contributed by atoms with E-state index in [0.29, 0.717) is 30.1 Å². The third-order valence-electron chi connectivity index (χ3n) is 2.83. The molecule has 20 heavy (non-hydrogen) atoms. The molecule has 0 radical (unpaired) electrons. The van der Waals surface area contributed by atoms with E-state index in [-0.39, 0.29) is 18.4 Å². The van der Waals surface area contributed by atoms with Crippen LogP contribution in [0.15, 0.2) is 18.2 Å². The number of nitrogen functional groups attached to an aromatic ring is 1. The van der Waals surface area contributed by atoms with E-state index in [2.05, 4.69) is 5.32 Å². The van der Waals surface area contributed by atoms with Crippen LogP contribution in [0.4, 0.5) is 5.69 Å². The van der Waals surface area contributed by atoms with Gasteiger partial charge in [0.25, 0.3) is 5.91 Å². The third-order valence-corrected chi connectivity index (χ3v) is 2.83. The van der Waals surface area contributed by atoms with Crippen LogP contribution in [0, 0.1) is 0 Å². The van der Waals surface area contributed by atoms with Crippen LogP contribution in [0.2, 0.25) is 0 Å². The predicted octanol–water partition coefficient (Wildman–Crippen LogP) is 0.876. The fourth-order valence-electron chi connectivity index (χ4n) is 1.81. The minimum atomic E-state index is -0.254. The zero-order chi connectivity index (χ0) is 15.1. The van der Waals surface area contributed by atoms with E-state index >= 15 is 0 Å². The molecule has 6 nitrogen and oxygen atoms in total. The molecular weight excluding hydrogens is 258 g/mol. The number of hydrogen-bond acceptors (Lipinski definition) is 4. The number of likely N-dealkylation sites (N-methyl/N-ethyl adjacent to an activating group) is 2. The number of hydrogen-bond donors (Lipinski definition) is 2. The van der Waals surface area contributed by atoms with Crippen molar-refractivity contribution in [2.45, 2.75) is 13.8 Å². The average Bonchev–Trinajstić information content (AvgIpc) is 2.44. The molecule has 0 spiro atoms. The minimum absolute atomic E-state index is 0.0245. The van der Waals surface area contributed by atoms with Crippen LogP contribution in [0.1, 0.15) is 24.2 Å². The van der Waals surface area contributed by atoms with Gasteiger partial charge < -0.3 is 20.7 Å². The smallest absolute Gasteiger partial charge is 0.258 e. The van der Waals surface area contributed by atoms with E-state index in [0.717, 1.165) is 0 Å². The summed E-state index contributed by atoms with van der Waals surface area (Å²) in [5.41, 5.74) is 6.58. The Bertz CT molecular complexity index is 489. The molecular formula is C14H21N3O3. The molecule has 1 aromatic carbocycles. The van der Waals surface area contributed by atoms with Gasteiger partial charge in [0.15, 0.2) is 0 Å². The highest BCUT2D eigenvalue weighted by atomic mass is 16.5. The van der Waals surface area contributed by atoms with E-state index in [1.807, 2.05) is 13.8 Å². The molecule has 0 heterocycles. The van der Waals surface area contributed by atoms with Crippen molar-refractivity contribution in [2.75, 3.05) is 32.5 Å². The van der Waals surface area contributed by atoms with Crippen LogP contribution in [-0.4, -0.2) is 43.5 Å². The summed E-state index contributed by atoms with van der Waals surface area (Å²) < 4.78 is 5.17. The normalized spacial score (nSPS) is 9.95. The molecule has 0 aliphatic heterocycles. The van der Waals surface area contributed by atoms with Crippen LogP contribution in [0.25, 0.3) is 0 Å². The van der Waals surface area contributed by atoms with Crippen molar-refractivity contribution in [2.24, 2.45) is 0 Å². The Morgan fingerprint density at radius 3 is 2.60 bits per heavy atom. The van der Waals surface area contributed by atoms with Crippen LogP contribution >= 0.6 is 0 Å². The van der Waals surface area contributed by atoms with Crippen molar-refractivity contribution in [1.29, 1.82) is 0 Å². The molecule has 0 saturated heterocycles. The quantitative estimate of drug-likeness (QED) is 0.757. The summed E-state index contributed by atoms with van der Waals surface area (Å²) in [6.45, 7) is 4.65. The number of benzene rings is 1. The molecule has 0 aliphatic rings. The van der Waals surface area contributed by atoms with Gasteiger partial charge in [-0.1, -0.05) is 0 Å². The highest BCUT2D eigenvalue weighted by Gasteiger charge is 2.20.